The molecule has 0 saturated carbocycles. The first-order valence-corrected chi connectivity index (χ1v) is 11.3. The largest absolute Gasteiger partial charge is 0.347 e. The van der Waals surface area contributed by atoms with Gasteiger partial charge in [0.05, 0.1) is 11.7 Å². The number of carbonyl (C=O) groups is 2. The first kappa shape index (κ1) is 22.4. The van der Waals surface area contributed by atoms with Crippen molar-refractivity contribution >= 4 is 27.5 Å². The van der Waals surface area contributed by atoms with Crippen LogP contribution in [0.4, 0.5) is 5.69 Å². The lowest BCUT2D eigenvalue weighted by Crippen LogP contribution is -2.44. The molecule has 1 aromatic carbocycles. The van der Waals surface area contributed by atoms with Crippen LogP contribution in [0.25, 0.3) is 0 Å². The van der Waals surface area contributed by atoms with Crippen LogP contribution >= 0.6 is 0 Å². The first-order valence-electron chi connectivity index (χ1n) is 9.73. The Morgan fingerprint density at radius 1 is 1.18 bits per heavy atom. The molecular formula is C20H31N3O4S. The van der Waals surface area contributed by atoms with Crippen LogP contribution in [-0.4, -0.2) is 48.9 Å². The lowest BCUT2D eigenvalue weighted by atomic mass is 9.98. The van der Waals surface area contributed by atoms with E-state index < -0.39 is 10.0 Å². The van der Waals surface area contributed by atoms with Crippen molar-refractivity contribution in [3.63, 3.8) is 0 Å². The smallest absolute Gasteiger partial charge is 0.251 e. The van der Waals surface area contributed by atoms with Gasteiger partial charge in [-0.05, 0) is 64.3 Å². The minimum absolute atomic E-state index is 0.111. The van der Waals surface area contributed by atoms with Crippen molar-refractivity contribution < 1.29 is 18.0 Å². The van der Waals surface area contributed by atoms with Crippen LogP contribution in [0.15, 0.2) is 24.3 Å². The Labute approximate surface area is 167 Å². The molecule has 2 rings (SSSR count). The van der Waals surface area contributed by atoms with Gasteiger partial charge in [0.15, 0.2) is 0 Å². The third kappa shape index (κ3) is 6.31. The molecule has 8 heteroatoms. The van der Waals surface area contributed by atoms with E-state index in [1.54, 1.807) is 24.3 Å². The van der Waals surface area contributed by atoms with E-state index >= 15 is 0 Å². The molecule has 1 heterocycles. The number of hydrogen-bond acceptors (Lipinski definition) is 4. The number of carbonyl (C=O) groups excluding carboxylic acids is 2. The normalized spacial score (nSPS) is 18.5. The van der Waals surface area contributed by atoms with Crippen molar-refractivity contribution in [2.45, 2.75) is 52.5 Å². The average Bonchev–Trinajstić information content (AvgIpc) is 2.61. The quantitative estimate of drug-likeness (QED) is 0.755. The van der Waals surface area contributed by atoms with Crippen molar-refractivity contribution in [2.24, 2.45) is 5.92 Å². The second kappa shape index (κ2) is 9.05. The summed E-state index contributed by atoms with van der Waals surface area (Å²) in [7, 11) is -3.29. The highest BCUT2D eigenvalue weighted by Gasteiger charge is 2.31. The highest BCUT2D eigenvalue weighted by molar-refractivity contribution is 7.89. The molecule has 1 saturated heterocycles. The maximum atomic E-state index is 12.6. The highest BCUT2D eigenvalue weighted by Crippen LogP contribution is 2.22. The van der Waals surface area contributed by atoms with E-state index in [1.807, 2.05) is 27.7 Å². The lowest BCUT2D eigenvalue weighted by Gasteiger charge is -2.31. The zero-order valence-corrected chi connectivity index (χ0v) is 17.9. The molecule has 0 aromatic heterocycles. The van der Waals surface area contributed by atoms with Crippen LogP contribution in [0.1, 0.15) is 57.3 Å². The second-order valence-electron chi connectivity index (χ2n) is 8.28. The molecule has 1 aliphatic rings. The van der Waals surface area contributed by atoms with Gasteiger partial charge in [0.1, 0.15) is 0 Å². The molecule has 1 unspecified atom stereocenters. The fourth-order valence-electron chi connectivity index (χ4n) is 3.16. The van der Waals surface area contributed by atoms with Crippen LogP contribution in [0.5, 0.6) is 0 Å². The fourth-order valence-corrected chi connectivity index (χ4v) is 4.75. The first-order chi connectivity index (χ1) is 13.0. The molecule has 2 amide bonds. The van der Waals surface area contributed by atoms with Crippen molar-refractivity contribution in [1.29, 1.82) is 0 Å². The van der Waals surface area contributed by atoms with E-state index in [0.717, 1.165) is 0 Å². The van der Waals surface area contributed by atoms with Gasteiger partial charge in [0, 0.05) is 29.9 Å². The maximum absolute atomic E-state index is 12.6. The van der Waals surface area contributed by atoms with Gasteiger partial charge in [-0.25, -0.2) is 12.7 Å². The lowest BCUT2D eigenvalue weighted by molar-refractivity contribution is -0.120. The maximum Gasteiger partial charge on any atom is 0.251 e. The van der Waals surface area contributed by atoms with Gasteiger partial charge < -0.3 is 10.6 Å². The van der Waals surface area contributed by atoms with Gasteiger partial charge in [0.25, 0.3) is 5.91 Å². The van der Waals surface area contributed by atoms with Crippen LogP contribution in [0, 0.1) is 5.92 Å². The highest BCUT2D eigenvalue weighted by atomic mass is 32.2. The van der Waals surface area contributed by atoms with Crippen LogP contribution in [-0.2, 0) is 14.8 Å². The number of benzene rings is 1. The summed E-state index contributed by atoms with van der Waals surface area (Å²) in [6.07, 6.45) is 1.90. The molecule has 0 aliphatic carbocycles. The third-order valence-corrected chi connectivity index (χ3v) is 6.56. The Morgan fingerprint density at radius 3 is 2.39 bits per heavy atom. The minimum atomic E-state index is -3.29. The fraction of sp³-hybridized carbons (Fsp3) is 0.600. The Bertz CT molecular complexity index is 798. The molecule has 7 nitrogen and oxygen atoms in total. The molecule has 1 aromatic rings. The monoisotopic (exact) mass is 409 g/mol. The van der Waals surface area contributed by atoms with Gasteiger partial charge in [0.2, 0.25) is 15.9 Å². The molecule has 0 radical (unpaired) electrons. The molecule has 1 aliphatic heterocycles. The second-order valence-corrected chi connectivity index (χ2v) is 10.4. The van der Waals surface area contributed by atoms with E-state index in [4.69, 9.17) is 0 Å². The van der Waals surface area contributed by atoms with Crippen molar-refractivity contribution in [1.82, 2.24) is 9.62 Å². The molecule has 2 N–H and O–H groups in total. The molecular weight excluding hydrogens is 378 g/mol. The number of anilines is 1. The molecule has 1 atom stereocenters. The summed E-state index contributed by atoms with van der Waals surface area (Å²) in [5.41, 5.74) is 0.780. The van der Waals surface area contributed by atoms with Crippen LogP contribution < -0.4 is 10.6 Å². The number of rotatable bonds is 6. The van der Waals surface area contributed by atoms with Crippen molar-refractivity contribution in [3.8, 4) is 0 Å². The standard InChI is InChI=1S/C20H31N3O4S/c1-5-13-28(26,27)23-12-6-7-16(14-23)18(24)21-17-10-8-15(9-11-17)19(25)22-20(2,3)4/h8-11,16H,5-7,12-14H2,1-4H3,(H,21,24)(H,22,25). The van der Waals surface area contributed by atoms with Gasteiger partial charge >= 0.3 is 0 Å². The number of hydrogen-bond donors (Lipinski definition) is 2. The Morgan fingerprint density at radius 2 is 1.82 bits per heavy atom. The van der Waals surface area contributed by atoms with Gasteiger partial charge in [-0.15, -0.1) is 0 Å². The number of nitrogens with one attached hydrogen (secondary N) is 2. The number of piperidine rings is 1. The van der Waals surface area contributed by atoms with Gasteiger partial charge in [-0.2, -0.15) is 0 Å². The van der Waals surface area contributed by atoms with Crippen molar-refractivity contribution in [3.05, 3.63) is 29.8 Å². The van der Waals surface area contributed by atoms with E-state index in [9.17, 15) is 18.0 Å². The zero-order chi connectivity index (χ0) is 20.9. The summed E-state index contributed by atoms with van der Waals surface area (Å²) in [4.78, 5) is 24.8. The molecule has 0 bridgehead atoms. The summed E-state index contributed by atoms with van der Waals surface area (Å²) in [5, 5.41) is 5.73. The van der Waals surface area contributed by atoms with Gasteiger partial charge in [-0.1, -0.05) is 6.92 Å². The summed E-state index contributed by atoms with van der Waals surface area (Å²) in [6, 6.07) is 6.69. The Balaban J connectivity index is 1.98. The van der Waals surface area contributed by atoms with Gasteiger partial charge in [-0.3, -0.25) is 9.59 Å². The van der Waals surface area contributed by atoms with Crippen LogP contribution in [0.2, 0.25) is 0 Å². The van der Waals surface area contributed by atoms with E-state index in [2.05, 4.69) is 10.6 Å². The number of amides is 2. The third-order valence-electron chi connectivity index (χ3n) is 4.51. The number of nitrogens with zero attached hydrogens (tertiary/aromatic N) is 1. The molecule has 0 spiro atoms. The minimum Gasteiger partial charge on any atom is -0.347 e. The van der Waals surface area contributed by atoms with Crippen molar-refractivity contribution in [2.75, 3.05) is 24.2 Å². The van der Waals surface area contributed by atoms with Crippen LogP contribution in [0.3, 0.4) is 0 Å². The topological polar surface area (TPSA) is 95.6 Å². The number of sulfonamides is 1. The van der Waals surface area contributed by atoms with E-state index in [-0.39, 0.29) is 35.6 Å². The summed E-state index contributed by atoms with van der Waals surface area (Å²) in [5.74, 6) is -0.624. The molecule has 1 fully saturated rings. The van der Waals surface area contributed by atoms with E-state index in [0.29, 0.717) is 37.1 Å². The Hall–Kier alpha value is -1.93. The summed E-state index contributed by atoms with van der Waals surface area (Å²) >= 11 is 0. The SMILES string of the molecule is CCCS(=O)(=O)N1CCCC(C(=O)Nc2ccc(C(=O)NC(C)(C)C)cc2)C1. The zero-order valence-electron chi connectivity index (χ0n) is 17.1. The summed E-state index contributed by atoms with van der Waals surface area (Å²) in [6.45, 7) is 8.26. The average molecular weight is 410 g/mol. The molecule has 28 heavy (non-hydrogen) atoms. The predicted molar refractivity (Wildman–Crippen MR) is 111 cm³/mol. The molecule has 156 valence electrons. The predicted octanol–water partition coefficient (Wildman–Crippen LogP) is 2.61. The van der Waals surface area contributed by atoms with E-state index in [1.165, 1.54) is 4.31 Å². The summed E-state index contributed by atoms with van der Waals surface area (Å²) < 4.78 is 26.0. The Kier molecular flexibility index (Phi) is 7.22.